The standard InChI is InChI=1S/C29H26N8O2S/c30-16-21-25(32-28(33-27(21)38)34-35-29(40)31-19-10-3-1-4-11-19)22-17-37(20-12-5-2-6-13-20)36-26(22)24-15-18-9-7-8-14-23(18)39-24/h2,5-9,12-15,17,19H,1,3-4,10-11H2,(H2,31,35,40)(H2,32,33,34,38). The summed E-state index contributed by atoms with van der Waals surface area (Å²) < 4.78 is 7.80. The summed E-state index contributed by atoms with van der Waals surface area (Å²) in [5, 5.41) is 19.3. The fraction of sp³-hybridized carbons (Fsp3) is 0.207. The molecule has 1 aliphatic rings. The van der Waals surface area contributed by atoms with Gasteiger partial charge >= 0.3 is 0 Å². The van der Waals surface area contributed by atoms with Crippen LogP contribution in [-0.4, -0.2) is 30.9 Å². The van der Waals surface area contributed by atoms with Crippen LogP contribution >= 0.6 is 12.2 Å². The lowest BCUT2D eigenvalue weighted by Crippen LogP contribution is -2.45. The molecule has 11 heteroatoms. The van der Waals surface area contributed by atoms with E-state index < -0.39 is 5.56 Å². The Kier molecular flexibility index (Phi) is 6.99. The molecule has 0 radical (unpaired) electrons. The molecule has 2 aromatic carbocycles. The average molecular weight is 551 g/mol. The van der Waals surface area contributed by atoms with Gasteiger partial charge in [0.05, 0.1) is 11.3 Å². The van der Waals surface area contributed by atoms with Crippen molar-refractivity contribution in [3.8, 4) is 34.5 Å². The fourth-order valence-electron chi connectivity index (χ4n) is 4.96. The summed E-state index contributed by atoms with van der Waals surface area (Å²) in [7, 11) is 0. The molecule has 0 bridgehead atoms. The number of nitriles is 1. The first-order chi connectivity index (χ1) is 19.6. The molecule has 6 rings (SSSR count). The van der Waals surface area contributed by atoms with Crippen LogP contribution in [0.2, 0.25) is 0 Å². The van der Waals surface area contributed by atoms with Crippen LogP contribution in [0.1, 0.15) is 37.7 Å². The second-order valence-corrected chi connectivity index (χ2v) is 10.0. The quantitative estimate of drug-likeness (QED) is 0.169. The van der Waals surface area contributed by atoms with Crippen LogP contribution in [0.15, 0.2) is 76.1 Å². The Morgan fingerprint density at radius 2 is 1.85 bits per heavy atom. The summed E-state index contributed by atoms with van der Waals surface area (Å²) in [5.41, 5.74) is 7.62. The molecule has 1 aliphatic carbocycles. The van der Waals surface area contributed by atoms with E-state index in [1.807, 2.05) is 66.7 Å². The van der Waals surface area contributed by atoms with E-state index in [1.165, 1.54) is 19.3 Å². The van der Waals surface area contributed by atoms with Crippen molar-refractivity contribution in [2.24, 2.45) is 0 Å². The Morgan fingerprint density at radius 3 is 2.62 bits per heavy atom. The molecule has 40 heavy (non-hydrogen) atoms. The number of aromatic amines is 1. The minimum atomic E-state index is -0.592. The molecule has 0 unspecified atom stereocenters. The summed E-state index contributed by atoms with van der Waals surface area (Å²) in [4.78, 5) is 20.2. The Bertz CT molecular complexity index is 1740. The molecular formula is C29H26N8O2S. The van der Waals surface area contributed by atoms with E-state index in [0.717, 1.165) is 23.9 Å². The molecule has 0 saturated heterocycles. The van der Waals surface area contributed by atoms with E-state index in [0.29, 0.717) is 33.8 Å². The maximum Gasteiger partial charge on any atom is 0.270 e. The molecule has 1 fully saturated rings. The van der Waals surface area contributed by atoms with Crippen molar-refractivity contribution in [2.75, 3.05) is 5.43 Å². The van der Waals surface area contributed by atoms with Crippen molar-refractivity contribution >= 4 is 34.2 Å². The highest BCUT2D eigenvalue weighted by Gasteiger charge is 2.23. The van der Waals surface area contributed by atoms with Gasteiger partial charge < -0.3 is 9.73 Å². The van der Waals surface area contributed by atoms with Crippen LogP contribution < -0.4 is 21.7 Å². The fourth-order valence-corrected chi connectivity index (χ4v) is 5.17. The average Bonchev–Trinajstić information content (AvgIpc) is 3.62. The molecule has 200 valence electrons. The molecule has 5 aromatic rings. The third-order valence-electron chi connectivity index (χ3n) is 6.92. The summed E-state index contributed by atoms with van der Waals surface area (Å²) in [6.45, 7) is 0. The van der Waals surface area contributed by atoms with Crippen molar-refractivity contribution in [3.05, 3.63) is 82.8 Å². The Labute approximate surface area is 235 Å². The van der Waals surface area contributed by atoms with Gasteiger partial charge in [-0.25, -0.2) is 9.67 Å². The maximum atomic E-state index is 13.0. The number of hydrogen-bond donors (Lipinski definition) is 4. The van der Waals surface area contributed by atoms with E-state index in [1.54, 1.807) is 10.9 Å². The van der Waals surface area contributed by atoms with Gasteiger partial charge in [0.15, 0.2) is 10.9 Å². The first-order valence-corrected chi connectivity index (χ1v) is 13.5. The van der Waals surface area contributed by atoms with Gasteiger partial charge in [0.25, 0.3) is 5.56 Å². The number of nitrogens with zero attached hydrogens (tertiary/aromatic N) is 4. The van der Waals surface area contributed by atoms with Crippen LogP contribution in [0.4, 0.5) is 5.95 Å². The summed E-state index contributed by atoms with van der Waals surface area (Å²) in [5.74, 6) is 0.595. The van der Waals surface area contributed by atoms with Gasteiger partial charge in [-0.05, 0) is 49.3 Å². The van der Waals surface area contributed by atoms with E-state index in [9.17, 15) is 10.1 Å². The number of H-pyrrole nitrogens is 1. The third kappa shape index (κ3) is 5.17. The van der Waals surface area contributed by atoms with E-state index in [2.05, 4.69) is 26.1 Å². The zero-order valence-corrected chi connectivity index (χ0v) is 22.3. The predicted molar refractivity (Wildman–Crippen MR) is 157 cm³/mol. The lowest BCUT2D eigenvalue weighted by atomic mass is 9.96. The number of hydrogen-bond acceptors (Lipinski definition) is 7. The third-order valence-corrected chi connectivity index (χ3v) is 7.13. The number of para-hydroxylation sites is 2. The number of anilines is 1. The highest BCUT2D eigenvalue weighted by molar-refractivity contribution is 7.80. The minimum absolute atomic E-state index is 0.106. The molecule has 4 N–H and O–H groups in total. The lowest BCUT2D eigenvalue weighted by Gasteiger charge is -2.24. The van der Waals surface area contributed by atoms with Crippen LogP contribution in [0, 0.1) is 11.3 Å². The SMILES string of the molecule is N#Cc1c(-c2cn(-c3ccccc3)nc2-c2cc3ccccc3o2)nc(NNC(=S)NC2CCCCC2)[nH]c1=O. The van der Waals surface area contributed by atoms with Crippen LogP contribution in [0.25, 0.3) is 39.4 Å². The molecule has 3 aromatic heterocycles. The van der Waals surface area contributed by atoms with Gasteiger partial charge in [0.1, 0.15) is 28.6 Å². The number of fused-ring (bicyclic) bond motifs is 1. The summed E-state index contributed by atoms with van der Waals surface area (Å²) in [6.07, 6.45) is 7.46. The Balaban J connectivity index is 1.39. The van der Waals surface area contributed by atoms with Gasteiger partial charge in [-0.2, -0.15) is 10.4 Å². The van der Waals surface area contributed by atoms with E-state index in [-0.39, 0.29) is 17.2 Å². The zero-order valence-electron chi connectivity index (χ0n) is 21.5. The molecule has 1 saturated carbocycles. The number of furan rings is 1. The Hall–Kier alpha value is -4.95. The van der Waals surface area contributed by atoms with Crippen LogP contribution in [0.5, 0.6) is 0 Å². The second kappa shape index (κ2) is 11.0. The van der Waals surface area contributed by atoms with Gasteiger partial charge in [0.2, 0.25) is 5.95 Å². The number of rotatable bonds is 6. The van der Waals surface area contributed by atoms with Crippen molar-refractivity contribution in [3.63, 3.8) is 0 Å². The largest absolute Gasteiger partial charge is 0.454 e. The van der Waals surface area contributed by atoms with Crippen molar-refractivity contribution in [2.45, 2.75) is 38.1 Å². The summed E-state index contributed by atoms with van der Waals surface area (Å²) >= 11 is 5.43. The highest BCUT2D eigenvalue weighted by atomic mass is 32.1. The zero-order chi connectivity index (χ0) is 27.5. The molecule has 0 atom stereocenters. The van der Waals surface area contributed by atoms with Gasteiger partial charge in [-0.3, -0.25) is 20.6 Å². The minimum Gasteiger partial charge on any atom is -0.454 e. The topological polar surface area (TPSA) is 137 Å². The highest BCUT2D eigenvalue weighted by Crippen LogP contribution is 2.35. The van der Waals surface area contributed by atoms with Crippen LogP contribution in [-0.2, 0) is 0 Å². The van der Waals surface area contributed by atoms with Gasteiger partial charge in [0, 0.05) is 17.6 Å². The summed E-state index contributed by atoms with van der Waals surface area (Å²) in [6, 6.07) is 21.4. The maximum absolute atomic E-state index is 13.0. The van der Waals surface area contributed by atoms with E-state index in [4.69, 9.17) is 21.7 Å². The van der Waals surface area contributed by atoms with E-state index >= 15 is 0 Å². The normalized spacial score (nSPS) is 13.6. The van der Waals surface area contributed by atoms with Gasteiger partial charge in [-0.1, -0.05) is 55.7 Å². The molecule has 0 spiro atoms. The predicted octanol–water partition coefficient (Wildman–Crippen LogP) is 5.03. The van der Waals surface area contributed by atoms with Crippen molar-refractivity contribution in [1.29, 1.82) is 5.26 Å². The first kappa shape index (κ1) is 25.3. The molecule has 3 heterocycles. The first-order valence-electron chi connectivity index (χ1n) is 13.1. The molecular weight excluding hydrogens is 524 g/mol. The molecule has 0 amide bonds. The Morgan fingerprint density at radius 1 is 1.07 bits per heavy atom. The number of aromatic nitrogens is 4. The monoisotopic (exact) mass is 550 g/mol. The number of hydrazine groups is 1. The van der Waals surface area contributed by atoms with Gasteiger partial charge in [-0.15, -0.1) is 0 Å². The van der Waals surface area contributed by atoms with Crippen molar-refractivity contribution in [1.82, 2.24) is 30.5 Å². The smallest absolute Gasteiger partial charge is 0.270 e. The van der Waals surface area contributed by atoms with Crippen LogP contribution in [0.3, 0.4) is 0 Å². The molecule has 0 aliphatic heterocycles. The van der Waals surface area contributed by atoms with Crippen molar-refractivity contribution < 1.29 is 4.42 Å². The number of benzene rings is 2. The number of thiocarbonyl (C=S) groups is 1. The lowest BCUT2D eigenvalue weighted by molar-refractivity contribution is 0.412. The second-order valence-electron chi connectivity index (χ2n) is 9.63. The number of nitrogens with one attached hydrogen (secondary N) is 4. The molecule has 10 nitrogen and oxygen atoms in total.